The zero-order valence-electron chi connectivity index (χ0n) is 8.42. The minimum atomic E-state index is -0.795. The number of ether oxygens (including phenoxy) is 1. The molecule has 2 heterocycles. The molecule has 2 atom stereocenters. The topological polar surface area (TPSA) is 87.5 Å². The molecular weight excluding hydrogens is 232 g/mol. The number of aliphatic hydroxyl groups is 2. The van der Waals surface area contributed by atoms with Gasteiger partial charge in [0.1, 0.15) is 6.23 Å². The van der Waals surface area contributed by atoms with Crippen molar-refractivity contribution in [3.8, 4) is 0 Å². The molecule has 1 aliphatic rings. The Morgan fingerprint density at radius 3 is 2.94 bits per heavy atom. The Morgan fingerprint density at radius 1 is 1.62 bits per heavy atom. The van der Waals surface area contributed by atoms with Crippen LogP contribution in [0.25, 0.3) is 0 Å². The maximum Gasteiger partial charge on any atom is 0.257 e. The molecule has 88 valence electrons. The summed E-state index contributed by atoms with van der Waals surface area (Å²) in [6.45, 7) is -0.361. The van der Waals surface area contributed by atoms with Gasteiger partial charge in [-0.25, -0.2) is 0 Å². The lowest BCUT2D eigenvalue weighted by molar-refractivity contribution is -0.113. The third-order valence-corrected chi connectivity index (χ3v) is 2.81. The highest BCUT2D eigenvalue weighted by Gasteiger charge is 2.25. The van der Waals surface area contributed by atoms with Gasteiger partial charge in [0.15, 0.2) is 11.1 Å². The summed E-state index contributed by atoms with van der Waals surface area (Å²) in [5.74, 6) is 0. The second-order valence-electron chi connectivity index (χ2n) is 3.60. The van der Waals surface area contributed by atoms with Gasteiger partial charge in [0, 0.05) is 12.6 Å². The summed E-state index contributed by atoms with van der Waals surface area (Å²) in [5.41, 5.74) is -0.180. The Hall–Kier alpha value is -1.02. The molecule has 0 radical (unpaired) electrons. The van der Waals surface area contributed by atoms with Gasteiger partial charge >= 0.3 is 0 Å². The molecule has 7 heteroatoms. The van der Waals surface area contributed by atoms with Crippen molar-refractivity contribution in [3.63, 3.8) is 0 Å². The summed E-state index contributed by atoms with van der Waals surface area (Å²) in [7, 11) is 0. The Labute approximate surface area is 96.1 Å². The minimum Gasteiger partial charge on any atom is -0.391 e. The van der Waals surface area contributed by atoms with Crippen molar-refractivity contribution in [1.82, 2.24) is 9.55 Å². The Balaban J connectivity index is 2.41. The molecule has 2 rings (SSSR count). The van der Waals surface area contributed by atoms with E-state index in [0.717, 1.165) is 0 Å². The van der Waals surface area contributed by atoms with Gasteiger partial charge in [0.2, 0.25) is 0 Å². The first-order valence-electron chi connectivity index (χ1n) is 4.90. The van der Waals surface area contributed by atoms with E-state index in [4.69, 9.17) is 22.1 Å². The van der Waals surface area contributed by atoms with Crippen molar-refractivity contribution in [1.29, 1.82) is 0 Å². The van der Waals surface area contributed by atoms with Crippen molar-refractivity contribution in [2.24, 2.45) is 0 Å². The van der Waals surface area contributed by atoms with E-state index in [1.165, 1.54) is 6.20 Å². The largest absolute Gasteiger partial charge is 0.391 e. The molecule has 6 nitrogen and oxygen atoms in total. The van der Waals surface area contributed by atoms with E-state index < -0.39 is 11.8 Å². The highest BCUT2D eigenvalue weighted by molar-refractivity contribution is 7.71. The molecule has 1 aliphatic heterocycles. The normalized spacial score (nSPS) is 24.9. The van der Waals surface area contributed by atoms with E-state index in [-0.39, 0.29) is 23.2 Å². The highest BCUT2D eigenvalue weighted by Crippen LogP contribution is 2.26. The van der Waals surface area contributed by atoms with Gasteiger partial charge in [0.25, 0.3) is 5.56 Å². The van der Waals surface area contributed by atoms with Crippen LogP contribution in [0.4, 0.5) is 0 Å². The van der Waals surface area contributed by atoms with Crippen LogP contribution in [0.15, 0.2) is 11.0 Å². The van der Waals surface area contributed by atoms with Crippen LogP contribution in [0.3, 0.4) is 0 Å². The Bertz CT molecular complexity index is 495. The number of aromatic nitrogens is 2. The van der Waals surface area contributed by atoms with Gasteiger partial charge in [-0.1, -0.05) is 0 Å². The number of aromatic amines is 1. The van der Waals surface area contributed by atoms with Crippen molar-refractivity contribution in [3.05, 3.63) is 26.9 Å². The molecule has 0 amide bonds. The predicted octanol–water partition coefficient (Wildman–Crippen LogP) is 0.0256. The number of nitrogens with zero attached hydrogens (tertiary/aromatic N) is 1. The monoisotopic (exact) mass is 244 g/mol. The van der Waals surface area contributed by atoms with Crippen molar-refractivity contribution >= 4 is 12.2 Å². The predicted molar refractivity (Wildman–Crippen MR) is 57.2 cm³/mol. The number of hydrogen-bond donors (Lipinski definition) is 3. The van der Waals surface area contributed by atoms with Crippen LogP contribution in [0.5, 0.6) is 0 Å². The molecule has 0 spiro atoms. The lowest BCUT2D eigenvalue weighted by Gasteiger charge is -2.15. The van der Waals surface area contributed by atoms with Gasteiger partial charge in [-0.15, -0.1) is 0 Å². The van der Waals surface area contributed by atoms with Crippen molar-refractivity contribution in [2.75, 3.05) is 0 Å². The summed E-state index contributed by atoms with van der Waals surface area (Å²) in [5, 5.41) is 18.2. The number of hydrogen-bond acceptors (Lipinski definition) is 5. The number of H-pyrrole nitrogens is 1. The summed E-state index contributed by atoms with van der Waals surface area (Å²) in [6.07, 6.45) is 1.43. The molecule has 1 aromatic heterocycles. The van der Waals surface area contributed by atoms with Gasteiger partial charge in [0.05, 0.1) is 12.2 Å². The molecule has 1 fully saturated rings. The maximum absolute atomic E-state index is 11.3. The molecule has 1 aromatic rings. The van der Waals surface area contributed by atoms with Crippen LogP contribution in [0.1, 0.15) is 24.6 Å². The van der Waals surface area contributed by atoms with Crippen molar-refractivity contribution < 1.29 is 14.9 Å². The van der Waals surface area contributed by atoms with Crippen molar-refractivity contribution in [2.45, 2.75) is 32.0 Å². The summed E-state index contributed by atoms with van der Waals surface area (Å²) < 4.78 is 6.98. The molecule has 0 aromatic carbocycles. The van der Waals surface area contributed by atoms with E-state index in [2.05, 4.69) is 4.98 Å². The molecular formula is C9H12N2O4S. The average molecular weight is 244 g/mol. The molecule has 3 N–H and O–H groups in total. The second-order valence-corrected chi connectivity index (χ2v) is 3.99. The molecule has 1 unspecified atom stereocenters. The van der Waals surface area contributed by atoms with Crippen LogP contribution in [0, 0.1) is 4.77 Å². The highest BCUT2D eigenvalue weighted by atomic mass is 32.1. The van der Waals surface area contributed by atoms with Gasteiger partial charge in [-0.3, -0.25) is 14.3 Å². The van der Waals surface area contributed by atoms with E-state index in [0.29, 0.717) is 12.8 Å². The molecule has 0 aliphatic carbocycles. The fraction of sp³-hybridized carbons (Fsp3) is 0.556. The molecule has 0 saturated carbocycles. The Morgan fingerprint density at radius 2 is 2.38 bits per heavy atom. The third kappa shape index (κ3) is 2.07. The summed E-state index contributed by atoms with van der Waals surface area (Å²) in [6, 6.07) is 0. The Kier molecular flexibility index (Phi) is 3.20. The zero-order chi connectivity index (χ0) is 11.7. The quantitative estimate of drug-likeness (QED) is 0.639. The fourth-order valence-electron chi connectivity index (χ4n) is 1.66. The first-order valence-corrected chi connectivity index (χ1v) is 5.31. The zero-order valence-corrected chi connectivity index (χ0v) is 9.24. The standard InChI is InChI=1S/C9H12N2O4S/c12-4-5-3-11(9(16)10-8(5)14)6-1-2-7(13)15-6/h3,6-7,12-13H,1-2,4H2,(H,10,14,16)/t6?,7-/m0/s1. The average Bonchev–Trinajstić information content (AvgIpc) is 2.65. The lowest BCUT2D eigenvalue weighted by atomic mass is 10.3. The van der Waals surface area contributed by atoms with Gasteiger partial charge in [-0.05, 0) is 18.6 Å². The van der Waals surface area contributed by atoms with Crippen LogP contribution in [-0.4, -0.2) is 26.1 Å². The molecule has 1 saturated heterocycles. The summed E-state index contributed by atoms with van der Waals surface area (Å²) >= 11 is 4.99. The number of aliphatic hydroxyl groups excluding tert-OH is 2. The third-order valence-electron chi connectivity index (χ3n) is 2.50. The van der Waals surface area contributed by atoms with Crippen LogP contribution in [-0.2, 0) is 11.3 Å². The lowest BCUT2D eigenvalue weighted by Crippen LogP contribution is -2.21. The first-order chi connectivity index (χ1) is 7.61. The van der Waals surface area contributed by atoms with Gasteiger partial charge in [-0.2, -0.15) is 0 Å². The molecule has 0 bridgehead atoms. The van der Waals surface area contributed by atoms with Crippen LogP contribution >= 0.6 is 12.2 Å². The SMILES string of the molecule is O=c1[nH]c(=S)n(C2CC[C@@H](O)O2)cc1CO. The smallest absolute Gasteiger partial charge is 0.257 e. The van der Waals surface area contributed by atoms with E-state index >= 15 is 0 Å². The molecule has 16 heavy (non-hydrogen) atoms. The second kappa shape index (κ2) is 4.46. The van der Waals surface area contributed by atoms with E-state index in [1.807, 2.05) is 0 Å². The van der Waals surface area contributed by atoms with Gasteiger partial charge < -0.3 is 14.9 Å². The maximum atomic E-state index is 11.3. The first kappa shape index (κ1) is 11.5. The minimum absolute atomic E-state index is 0.221. The van der Waals surface area contributed by atoms with E-state index in [9.17, 15) is 9.90 Å². The number of rotatable bonds is 2. The van der Waals surface area contributed by atoms with E-state index in [1.54, 1.807) is 4.57 Å². The fourth-order valence-corrected chi connectivity index (χ4v) is 1.92. The summed E-state index contributed by atoms with van der Waals surface area (Å²) in [4.78, 5) is 13.8. The number of nitrogens with one attached hydrogen (secondary N) is 1. The van der Waals surface area contributed by atoms with Crippen LogP contribution in [0.2, 0.25) is 0 Å². The van der Waals surface area contributed by atoms with Crippen LogP contribution < -0.4 is 5.56 Å².